The van der Waals surface area contributed by atoms with Gasteiger partial charge in [-0.2, -0.15) is 0 Å². The fourth-order valence-electron chi connectivity index (χ4n) is 1.57. The number of hydrogen-bond acceptors (Lipinski definition) is 2. The largest absolute Gasteiger partial charge is 0.381 e. The highest BCUT2D eigenvalue weighted by Crippen LogP contribution is 2.32. The minimum Gasteiger partial charge on any atom is -0.381 e. The molecule has 84 valence electrons. The standard InChI is InChI=1S/C12H25NO/c1-2-13-9-4-3-5-10-14-11-8-12-6-7-12/h12-13H,2-11H2,1H3. The second-order valence-corrected chi connectivity index (χ2v) is 4.26. The van der Waals surface area contributed by atoms with Gasteiger partial charge in [0.15, 0.2) is 0 Å². The monoisotopic (exact) mass is 199 g/mol. The third kappa shape index (κ3) is 7.34. The first-order valence-electron chi connectivity index (χ1n) is 6.22. The predicted molar refractivity (Wildman–Crippen MR) is 60.6 cm³/mol. The van der Waals surface area contributed by atoms with Crippen LogP contribution in [0, 0.1) is 5.92 Å². The molecule has 1 N–H and O–H groups in total. The Kier molecular flexibility index (Phi) is 7.06. The zero-order chi connectivity index (χ0) is 10.1. The van der Waals surface area contributed by atoms with Gasteiger partial charge in [-0.3, -0.25) is 0 Å². The lowest BCUT2D eigenvalue weighted by Gasteiger charge is -2.03. The first-order valence-corrected chi connectivity index (χ1v) is 6.22. The molecular weight excluding hydrogens is 174 g/mol. The van der Waals surface area contributed by atoms with Crippen LogP contribution in [0.4, 0.5) is 0 Å². The minimum atomic E-state index is 0.971. The number of nitrogens with one attached hydrogen (secondary N) is 1. The molecule has 1 rings (SSSR count). The van der Waals surface area contributed by atoms with Gasteiger partial charge in [-0.25, -0.2) is 0 Å². The van der Waals surface area contributed by atoms with Gasteiger partial charge >= 0.3 is 0 Å². The van der Waals surface area contributed by atoms with Gasteiger partial charge < -0.3 is 10.1 Å². The number of unbranched alkanes of at least 4 members (excludes halogenated alkanes) is 2. The molecule has 0 spiro atoms. The first kappa shape index (κ1) is 12.0. The van der Waals surface area contributed by atoms with Crippen LogP contribution in [0.5, 0.6) is 0 Å². The third-order valence-corrected chi connectivity index (χ3v) is 2.76. The molecule has 0 unspecified atom stereocenters. The molecule has 0 atom stereocenters. The van der Waals surface area contributed by atoms with E-state index in [0.29, 0.717) is 0 Å². The van der Waals surface area contributed by atoms with Crippen molar-refractivity contribution in [3.8, 4) is 0 Å². The van der Waals surface area contributed by atoms with Gasteiger partial charge in [0.05, 0.1) is 0 Å². The van der Waals surface area contributed by atoms with E-state index in [9.17, 15) is 0 Å². The van der Waals surface area contributed by atoms with Crippen molar-refractivity contribution < 1.29 is 4.74 Å². The van der Waals surface area contributed by atoms with Crippen LogP contribution in [-0.2, 0) is 4.74 Å². The van der Waals surface area contributed by atoms with E-state index in [1.807, 2.05) is 0 Å². The van der Waals surface area contributed by atoms with Crippen molar-refractivity contribution in [3.63, 3.8) is 0 Å². The van der Waals surface area contributed by atoms with Crippen molar-refractivity contribution in [1.29, 1.82) is 0 Å². The van der Waals surface area contributed by atoms with Crippen molar-refractivity contribution in [2.45, 2.75) is 45.4 Å². The molecule has 2 nitrogen and oxygen atoms in total. The summed E-state index contributed by atoms with van der Waals surface area (Å²) < 4.78 is 5.57. The Hall–Kier alpha value is -0.0800. The Balaban J connectivity index is 1.63. The lowest BCUT2D eigenvalue weighted by molar-refractivity contribution is 0.124. The number of ether oxygens (including phenoxy) is 1. The van der Waals surface area contributed by atoms with Gasteiger partial charge in [-0.15, -0.1) is 0 Å². The van der Waals surface area contributed by atoms with Crippen molar-refractivity contribution >= 4 is 0 Å². The van der Waals surface area contributed by atoms with Crippen LogP contribution in [0.2, 0.25) is 0 Å². The highest BCUT2D eigenvalue weighted by molar-refractivity contribution is 4.72. The maximum Gasteiger partial charge on any atom is 0.0468 e. The van der Waals surface area contributed by atoms with Crippen LogP contribution in [0.1, 0.15) is 45.4 Å². The van der Waals surface area contributed by atoms with Gasteiger partial charge in [0.25, 0.3) is 0 Å². The average molecular weight is 199 g/mol. The van der Waals surface area contributed by atoms with Crippen LogP contribution >= 0.6 is 0 Å². The molecule has 1 aliphatic rings. The smallest absolute Gasteiger partial charge is 0.0468 e. The molecule has 14 heavy (non-hydrogen) atoms. The summed E-state index contributed by atoms with van der Waals surface area (Å²) in [5.74, 6) is 1.02. The Morgan fingerprint density at radius 2 is 2.00 bits per heavy atom. The van der Waals surface area contributed by atoms with Crippen molar-refractivity contribution in [3.05, 3.63) is 0 Å². The average Bonchev–Trinajstić information content (AvgIpc) is 2.99. The Labute approximate surface area is 88.4 Å². The summed E-state index contributed by atoms with van der Waals surface area (Å²) in [6.07, 6.45) is 8.03. The summed E-state index contributed by atoms with van der Waals surface area (Å²) in [6.45, 7) is 6.38. The first-order chi connectivity index (χ1) is 6.93. The molecule has 0 aliphatic heterocycles. The number of rotatable bonds is 10. The second kappa shape index (κ2) is 8.25. The summed E-state index contributed by atoms with van der Waals surface area (Å²) in [5.41, 5.74) is 0. The van der Waals surface area contributed by atoms with Crippen LogP contribution < -0.4 is 5.32 Å². The molecule has 0 aromatic heterocycles. The van der Waals surface area contributed by atoms with Crippen molar-refractivity contribution in [2.24, 2.45) is 5.92 Å². The van der Waals surface area contributed by atoms with E-state index in [1.54, 1.807) is 0 Å². The highest BCUT2D eigenvalue weighted by Gasteiger charge is 2.20. The van der Waals surface area contributed by atoms with E-state index in [-0.39, 0.29) is 0 Å². The molecule has 1 saturated carbocycles. The lowest BCUT2D eigenvalue weighted by atomic mass is 10.2. The van der Waals surface area contributed by atoms with E-state index in [0.717, 1.165) is 25.7 Å². The molecule has 0 aromatic carbocycles. The van der Waals surface area contributed by atoms with E-state index in [4.69, 9.17) is 4.74 Å². The Morgan fingerprint density at radius 3 is 2.71 bits per heavy atom. The maximum atomic E-state index is 5.57. The van der Waals surface area contributed by atoms with E-state index in [1.165, 1.54) is 45.1 Å². The molecule has 1 aliphatic carbocycles. The van der Waals surface area contributed by atoms with Crippen molar-refractivity contribution in [1.82, 2.24) is 5.32 Å². The summed E-state index contributed by atoms with van der Waals surface area (Å²) in [5, 5.41) is 3.33. The molecular formula is C12H25NO. The summed E-state index contributed by atoms with van der Waals surface area (Å²) in [4.78, 5) is 0. The molecule has 0 aromatic rings. The van der Waals surface area contributed by atoms with Gasteiger partial charge in [0.1, 0.15) is 0 Å². The minimum absolute atomic E-state index is 0.971. The summed E-state index contributed by atoms with van der Waals surface area (Å²) in [6, 6.07) is 0. The number of hydrogen-bond donors (Lipinski definition) is 1. The van der Waals surface area contributed by atoms with Crippen LogP contribution in [0.15, 0.2) is 0 Å². The third-order valence-electron chi connectivity index (χ3n) is 2.76. The summed E-state index contributed by atoms with van der Waals surface area (Å²) >= 11 is 0. The zero-order valence-electron chi connectivity index (χ0n) is 9.56. The Bertz CT molecular complexity index is 123. The van der Waals surface area contributed by atoms with Gasteiger partial charge in [-0.1, -0.05) is 19.8 Å². The fraction of sp³-hybridized carbons (Fsp3) is 1.00. The normalized spacial score (nSPS) is 16.1. The van der Waals surface area contributed by atoms with Crippen LogP contribution in [-0.4, -0.2) is 26.3 Å². The molecule has 0 bridgehead atoms. The predicted octanol–water partition coefficient (Wildman–Crippen LogP) is 2.58. The van der Waals surface area contributed by atoms with E-state index in [2.05, 4.69) is 12.2 Å². The SMILES string of the molecule is CCNCCCCCOCCC1CC1. The molecule has 0 heterocycles. The quantitative estimate of drug-likeness (QED) is 0.546. The van der Waals surface area contributed by atoms with Gasteiger partial charge in [0.2, 0.25) is 0 Å². The lowest BCUT2D eigenvalue weighted by Crippen LogP contribution is -2.13. The van der Waals surface area contributed by atoms with Gasteiger partial charge in [0, 0.05) is 13.2 Å². The highest BCUT2D eigenvalue weighted by atomic mass is 16.5. The fourth-order valence-corrected chi connectivity index (χ4v) is 1.57. The van der Waals surface area contributed by atoms with E-state index < -0.39 is 0 Å². The zero-order valence-corrected chi connectivity index (χ0v) is 9.56. The van der Waals surface area contributed by atoms with Gasteiger partial charge in [-0.05, 0) is 44.7 Å². The van der Waals surface area contributed by atoms with Crippen molar-refractivity contribution in [2.75, 3.05) is 26.3 Å². The second-order valence-electron chi connectivity index (χ2n) is 4.26. The molecule has 2 heteroatoms. The Morgan fingerprint density at radius 1 is 1.14 bits per heavy atom. The summed E-state index contributed by atoms with van der Waals surface area (Å²) in [7, 11) is 0. The van der Waals surface area contributed by atoms with Crippen LogP contribution in [0.25, 0.3) is 0 Å². The molecule has 0 radical (unpaired) electrons. The maximum absolute atomic E-state index is 5.57. The topological polar surface area (TPSA) is 21.3 Å². The van der Waals surface area contributed by atoms with E-state index >= 15 is 0 Å². The van der Waals surface area contributed by atoms with Crippen LogP contribution in [0.3, 0.4) is 0 Å². The molecule has 1 fully saturated rings. The molecule has 0 amide bonds. The molecule has 0 saturated heterocycles.